The second-order valence-electron chi connectivity index (χ2n) is 5.07. The van der Waals surface area contributed by atoms with Gasteiger partial charge >= 0.3 is 0 Å². The lowest BCUT2D eigenvalue weighted by molar-refractivity contribution is 0.0938. The summed E-state index contributed by atoms with van der Waals surface area (Å²) in [6.07, 6.45) is 1.58. The van der Waals surface area contributed by atoms with Gasteiger partial charge < -0.3 is 15.0 Å². The molecule has 1 aromatic heterocycles. The van der Waals surface area contributed by atoms with E-state index in [1.807, 2.05) is 0 Å². The van der Waals surface area contributed by atoms with Crippen LogP contribution in [0.4, 0.5) is 0 Å². The standard InChI is InChI=1S/C16H18N2O3/c1-4-9-18-12-8-6-5-7-11(12)14(19)13(16(18)21)15(20)17-10(2)3/h4-8,10,19H,1,9H2,2-3H3,(H,17,20). The first-order valence-corrected chi connectivity index (χ1v) is 6.73. The number of nitrogens with zero attached hydrogens (tertiary/aromatic N) is 1. The van der Waals surface area contributed by atoms with Gasteiger partial charge in [-0.1, -0.05) is 18.2 Å². The Morgan fingerprint density at radius 1 is 1.43 bits per heavy atom. The van der Waals surface area contributed by atoms with Crippen LogP contribution in [0.3, 0.4) is 0 Å². The summed E-state index contributed by atoms with van der Waals surface area (Å²) in [6.45, 7) is 7.47. The SMILES string of the molecule is C=CCn1c(=O)c(C(=O)NC(C)C)c(O)c2ccccc21. The van der Waals surface area contributed by atoms with E-state index in [9.17, 15) is 14.7 Å². The minimum Gasteiger partial charge on any atom is -0.506 e. The molecule has 2 N–H and O–H groups in total. The molecule has 0 radical (unpaired) electrons. The molecule has 0 bridgehead atoms. The number of pyridine rings is 1. The highest BCUT2D eigenvalue weighted by Crippen LogP contribution is 2.26. The van der Waals surface area contributed by atoms with Crippen LogP contribution in [0.25, 0.3) is 10.9 Å². The number of carbonyl (C=O) groups is 1. The Morgan fingerprint density at radius 3 is 2.71 bits per heavy atom. The third kappa shape index (κ3) is 2.67. The van der Waals surface area contributed by atoms with Gasteiger partial charge in [0.05, 0.1) is 5.52 Å². The van der Waals surface area contributed by atoms with Crippen molar-refractivity contribution in [2.24, 2.45) is 0 Å². The molecule has 2 aromatic rings. The fraction of sp³-hybridized carbons (Fsp3) is 0.250. The summed E-state index contributed by atoms with van der Waals surface area (Å²) in [5.41, 5.74) is -0.186. The molecule has 5 nitrogen and oxygen atoms in total. The second-order valence-corrected chi connectivity index (χ2v) is 5.07. The molecule has 5 heteroatoms. The number of hydrogen-bond donors (Lipinski definition) is 2. The number of benzene rings is 1. The smallest absolute Gasteiger partial charge is 0.268 e. The Labute approximate surface area is 122 Å². The van der Waals surface area contributed by atoms with Crippen LogP contribution < -0.4 is 10.9 Å². The third-order valence-electron chi connectivity index (χ3n) is 3.10. The number of carbonyl (C=O) groups excluding carboxylic acids is 1. The zero-order chi connectivity index (χ0) is 15.6. The number of amides is 1. The molecule has 0 unspecified atom stereocenters. The lowest BCUT2D eigenvalue weighted by Crippen LogP contribution is -2.36. The van der Waals surface area contributed by atoms with Crippen molar-refractivity contribution in [2.45, 2.75) is 26.4 Å². The van der Waals surface area contributed by atoms with Gasteiger partial charge in [-0.2, -0.15) is 0 Å². The molecule has 1 heterocycles. The van der Waals surface area contributed by atoms with E-state index in [0.717, 1.165) is 0 Å². The molecule has 0 atom stereocenters. The van der Waals surface area contributed by atoms with Crippen molar-refractivity contribution in [3.05, 3.63) is 52.8 Å². The average Bonchev–Trinajstić information content (AvgIpc) is 2.43. The maximum absolute atomic E-state index is 12.5. The second kappa shape index (κ2) is 5.83. The van der Waals surface area contributed by atoms with Crippen molar-refractivity contribution >= 4 is 16.8 Å². The number of hydrogen-bond acceptors (Lipinski definition) is 3. The first-order chi connectivity index (χ1) is 9.97. The number of para-hydroxylation sites is 1. The Kier molecular flexibility index (Phi) is 4.12. The molecule has 0 aliphatic carbocycles. The number of fused-ring (bicyclic) bond motifs is 1. The molecule has 0 spiro atoms. The Hall–Kier alpha value is -2.56. The first-order valence-electron chi connectivity index (χ1n) is 6.73. The quantitative estimate of drug-likeness (QED) is 0.845. The van der Waals surface area contributed by atoms with Crippen molar-refractivity contribution in [1.82, 2.24) is 9.88 Å². The summed E-state index contributed by atoms with van der Waals surface area (Å²) in [7, 11) is 0. The van der Waals surface area contributed by atoms with Gasteiger partial charge in [0.2, 0.25) is 0 Å². The van der Waals surface area contributed by atoms with Gasteiger partial charge in [0.25, 0.3) is 11.5 Å². The van der Waals surface area contributed by atoms with Crippen molar-refractivity contribution in [2.75, 3.05) is 0 Å². The van der Waals surface area contributed by atoms with E-state index in [2.05, 4.69) is 11.9 Å². The highest BCUT2D eigenvalue weighted by Gasteiger charge is 2.21. The average molecular weight is 286 g/mol. The lowest BCUT2D eigenvalue weighted by atomic mass is 10.1. The maximum atomic E-state index is 12.5. The number of allylic oxidation sites excluding steroid dienone is 1. The van der Waals surface area contributed by atoms with Crippen LogP contribution in [0.1, 0.15) is 24.2 Å². The van der Waals surface area contributed by atoms with E-state index in [1.165, 1.54) is 4.57 Å². The zero-order valence-electron chi connectivity index (χ0n) is 12.1. The van der Waals surface area contributed by atoms with E-state index in [-0.39, 0.29) is 23.9 Å². The van der Waals surface area contributed by atoms with Crippen LogP contribution in [0.5, 0.6) is 5.75 Å². The van der Waals surface area contributed by atoms with Crippen LogP contribution >= 0.6 is 0 Å². The van der Waals surface area contributed by atoms with Crippen molar-refractivity contribution < 1.29 is 9.90 Å². The summed E-state index contributed by atoms with van der Waals surface area (Å²) >= 11 is 0. The fourth-order valence-corrected chi connectivity index (χ4v) is 2.24. The molecular weight excluding hydrogens is 268 g/mol. The molecule has 0 fully saturated rings. The molecule has 110 valence electrons. The van der Waals surface area contributed by atoms with Crippen molar-refractivity contribution in [1.29, 1.82) is 0 Å². The van der Waals surface area contributed by atoms with E-state index in [4.69, 9.17) is 0 Å². The zero-order valence-corrected chi connectivity index (χ0v) is 12.1. The summed E-state index contributed by atoms with van der Waals surface area (Å²) in [5.74, 6) is -0.856. The number of rotatable bonds is 4. The Balaban J connectivity index is 2.79. The van der Waals surface area contributed by atoms with Gasteiger partial charge in [0.1, 0.15) is 11.3 Å². The number of aromatic nitrogens is 1. The third-order valence-corrected chi connectivity index (χ3v) is 3.10. The van der Waals surface area contributed by atoms with Crippen LogP contribution in [0.15, 0.2) is 41.7 Å². The molecule has 1 amide bonds. The van der Waals surface area contributed by atoms with E-state index < -0.39 is 11.5 Å². The normalized spacial score (nSPS) is 10.8. The Bertz CT molecular complexity index is 760. The minimum absolute atomic E-state index is 0.129. The molecule has 0 saturated carbocycles. The number of aromatic hydroxyl groups is 1. The van der Waals surface area contributed by atoms with E-state index in [1.54, 1.807) is 44.2 Å². The highest BCUT2D eigenvalue weighted by atomic mass is 16.3. The minimum atomic E-state index is -0.573. The molecule has 0 aliphatic heterocycles. The van der Waals surface area contributed by atoms with Crippen molar-refractivity contribution in [3.8, 4) is 5.75 Å². The lowest BCUT2D eigenvalue weighted by Gasteiger charge is -2.14. The summed E-state index contributed by atoms with van der Waals surface area (Å²) in [5, 5.41) is 13.4. The molecule has 0 saturated heterocycles. The molecular formula is C16H18N2O3. The van der Waals surface area contributed by atoms with E-state index >= 15 is 0 Å². The van der Waals surface area contributed by atoms with Gasteiger partial charge in [0.15, 0.2) is 0 Å². The topological polar surface area (TPSA) is 71.3 Å². The highest BCUT2D eigenvalue weighted by molar-refractivity contribution is 6.02. The fourth-order valence-electron chi connectivity index (χ4n) is 2.24. The van der Waals surface area contributed by atoms with E-state index in [0.29, 0.717) is 10.9 Å². The van der Waals surface area contributed by atoms with Gasteiger partial charge in [-0.3, -0.25) is 9.59 Å². The van der Waals surface area contributed by atoms with Gasteiger partial charge in [-0.25, -0.2) is 0 Å². The predicted octanol–water partition coefficient (Wildman–Crippen LogP) is 2.03. The summed E-state index contributed by atoms with van der Waals surface area (Å²) in [4.78, 5) is 24.7. The Morgan fingerprint density at radius 2 is 2.10 bits per heavy atom. The molecule has 21 heavy (non-hydrogen) atoms. The van der Waals surface area contributed by atoms with Crippen LogP contribution in [-0.4, -0.2) is 21.6 Å². The van der Waals surface area contributed by atoms with Crippen LogP contribution in [-0.2, 0) is 6.54 Å². The van der Waals surface area contributed by atoms with Crippen LogP contribution in [0, 0.1) is 0 Å². The summed E-state index contributed by atoms with van der Waals surface area (Å²) in [6, 6.07) is 6.79. The van der Waals surface area contributed by atoms with Gasteiger partial charge in [-0.15, -0.1) is 6.58 Å². The summed E-state index contributed by atoms with van der Waals surface area (Å²) < 4.78 is 1.43. The van der Waals surface area contributed by atoms with Gasteiger partial charge in [0, 0.05) is 18.0 Å². The maximum Gasteiger partial charge on any atom is 0.268 e. The van der Waals surface area contributed by atoms with Crippen LogP contribution in [0.2, 0.25) is 0 Å². The predicted molar refractivity (Wildman–Crippen MR) is 82.7 cm³/mol. The van der Waals surface area contributed by atoms with Gasteiger partial charge in [-0.05, 0) is 26.0 Å². The molecule has 0 aliphatic rings. The first kappa shape index (κ1) is 14.8. The van der Waals surface area contributed by atoms with Crippen molar-refractivity contribution in [3.63, 3.8) is 0 Å². The number of nitrogens with one attached hydrogen (secondary N) is 1. The monoisotopic (exact) mass is 286 g/mol. The molecule has 2 rings (SSSR count). The largest absolute Gasteiger partial charge is 0.506 e. The molecule has 1 aromatic carbocycles.